The molecule has 4 amide bonds. The van der Waals surface area contributed by atoms with E-state index < -0.39 is 42.7 Å². The number of carboxylic acids is 2. The van der Waals surface area contributed by atoms with Gasteiger partial charge in [-0.3, -0.25) is 39.2 Å². The number of unbranched alkanes of at least 4 members (excludes halogenated alkanes) is 1. The SMILES string of the molecule is CCn1nc(C)cc1C(=O)Nc1nc2cc(C(N)=O)ccc2n1CCCCn1c(NC(=O)c2cc(C)nn2CC)nc2c(NC(=O)CO)cccc21.O=C(O)C(F)(F)F.O=C(O)C(F)(F)F. The van der Waals surface area contributed by atoms with Gasteiger partial charge in [-0.25, -0.2) is 19.6 Å². The lowest BCUT2D eigenvalue weighted by Crippen LogP contribution is -2.21. The van der Waals surface area contributed by atoms with Crippen LogP contribution >= 0.6 is 0 Å². The van der Waals surface area contributed by atoms with Crippen molar-refractivity contribution in [3.63, 3.8) is 0 Å². The normalized spacial score (nSPS) is 11.3. The molecule has 0 aliphatic heterocycles. The maximum Gasteiger partial charge on any atom is 0.490 e. The molecular formula is C39H42F6N12O9. The van der Waals surface area contributed by atoms with Crippen LogP contribution < -0.4 is 21.7 Å². The Balaban J connectivity index is 0.000000590. The number of nitrogens with two attached hydrogens (primary N) is 1. The molecule has 0 saturated carbocycles. The fourth-order valence-corrected chi connectivity index (χ4v) is 6.17. The summed E-state index contributed by atoms with van der Waals surface area (Å²) in [7, 11) is 0. The summed E-state index contributed by atoms with van der Waals surface area (Å²) in [6.45, 7) is 8.60. The first kappa shape index (κ1) is 50.8. The number of alkyl halides is 6. The number of carboxylic acid groups (broad SMARTS) is 2. The van der Waals surface area contributed by atoms with E-state index in [1.165, 1.54) is 0 Å². The average Bonchev–Trinajstić information content (AvgIpc) is 4.01. The Labute approximate surface area is 368 Å². The number of aromatic nitrogens is 8. The van der Waals surface area contributed by atoms with Gasteiger partial charge in [0.25, 0.3) is 11.8 Å². The van der Waals surface area contributed by atoms with Crippen LogP contribution in [0.2, 0.25) is 0 Å². The molecule has 21 nitrogen and oxygen atoms in total. The van der Waals surface area contributed by atoms with Crippen LogP contribution in [0.3, 0.4) is 0 Å². The number of rotatable bonds is 14. The molecule has 0 bridgehead atoms. The number of hydrogen-bond acceptors (Lipinski definition) is 11. The highest BCUT2D eigenvalue weighted by atomic mass is 19.4. The predicted octanol–water partition coefficient (Wildman–Crippen LogP) is 4.72. The van der Waals surface area contributed by atoms with Crippen molar-refractivity contribution in [3.8, 4) is 0 Å². The van der Waals surface area contributed by atoms with E-state index in [0.717, 1.165) is 0 Å². The number of para-hydroxylation sites is 1. The van der Waals surface area contributed by atoms with Crippen molar-refractivity contribution >= 4 is 75.2 Å². The molecule has 6 rings (SSSR count). The molecule has 0 saturated heterocycles. The molecule has 0 radical (unpaired) electrons. The topological polar surface area (TPSA) is 296 Å². The predicted molar refractivity (Wildman–Crippen MR) is 221 cm³/mol. The number of aliphatic carboxylic acids is 2. The summed E-state index contributed by atoms with van der Waals surface area (Å²) in [6, 6.07) is 13.6. The van der Waals surface area contributed by atoms with Gasteiger partial charge in [-0.1, -0.05) is 6.07 Å². The molecule has 2 aromatic carbocycles. The van der Waals surface area contributed by atoms with Gasteiger partial charge in [0, 0.05) is 31.7 Å². The molecule has 354 valence electrons. The van der Waals surface area contributed by atoms with Gasteiger partial charge in [-0.05, 0) is 83.0 Å². The zero-order chi connectivity index (χ0) is 49.3. The number of anilines is 3. The van der Waals surface area contributed by atoms with Gasteiger partial charge < -0.3 is 35.5 Å². The van der Waals surface area contributed by atoms with Crippen molar-refractivity contribution in [3.05, 3.63) is 76.9 Å². The number of hydrogen-bond donors (Lipinski definition) is 7. The van der Waals surface area contributed by atoms with Crippen LogP contribution in [0.1, 0.15) is 69.4 Å². The number of primary amides is 1. The minimum absolute atomic E-state index is 0.273. The third-order valence-electron chi connectivity index (χ3n) is 9.05. The van der Waals surface area contributed by atoms with Crippen molar-refractivity contribution in [2.45, 2.75) is 79.1 Å². The minimum atomic E-state index is -5.08. The lowest BCUT2D eigenvalue weighted by molar-refractivity contribution is -0.193. The number of imidazole rings is 2. The number of aliphatic hydroxyl groups excluding tert-OH is 1. The van der Waals surface area contributed by atoms with E-state index >= 15 is 0 Å². The summed E-state index contributed by atoms with van der Waals surface area (Å²) < 4.78 is 70.4. The summed E-state index contributed by atoms with van der Waals surface area (Å²) in [5.74, 6) is -6.88. The number of halogens is 6. The van der Waals surface area contributed by atoms with Gasteiger partial charge in [0.1, 0.15) is 23.5 Å². The second-order valence-electron chi connectivity index (χ2n) is 13.8. The third kappa shape index (κ3) is 12.7. The molecule has 0 spiro atoms. The van der Waals surface area contributed by atoms with Crippen molar-refractivity contribution in [2.75, 3.05) is 22.6 Å². The van der Waals surface area contributed by atoms with Crippen LogP contribution in [0.15, 0.2) is 48.5 Å². The third-order valence-corrected chi connectivity index (χ3v) is 9.05. The molecular weight excluding hydrogens is 894 g/mol. The van der Waals surface area contributed by atoms with Crippen molar-refractivity contribution in [1.82, 2.24) is 38.7 Å². The first-order chi connectivity index (χ1) is 30.9. The van der Waals surface area contributed by atoms with E-state index in [-0.39, 0.29) is 17.8 Å². The molecule has 0 atom stereocenters. The molecule has 0 aliphatic rings. The average molecular weight is 937 g/mol. The van der Waals surface area contributed by atoms with E-state index in [0.29, 0.717) is 101 Å². The fourth-order valence-electron chi connectivity index (χ4n) is 6.17. The lowest BCUT2D eigenvalue weighted by Gasteiger charge is -2.13. The molecule has 27 heteroatoms. The highest BCUT2D eigenvalue weighted by Crippen LogP contribution is 2.29. The quantitative estimate of drug-likeness (QED) is 0.0576. The summed E-state index contributed by atoms with van der Waals surface area (Å²) in [4.78, 5) is 78.1. The van der Waals surface area contributed by atoms with Crippen LogP contribution in [0.4, 0.5) is 43.9 Å². The minimum Gasteiger partial charge on any atom is -0.475 e. The first-order valence-corrected chi connectivity index (χ1v) is 19.4. The largest absolute Gasteiger partial charge is 0.490 e. The molecule has 0 unspecified atom stereocenters. The summed E-state index contributed by atoms with van der Waals surface area (Å²) in [6.07, 6.45) is -8.96. The molecule has 6 aromatic rings. The van der Waals surface area contributed by atoms with Gasteiger partial charge in [-0.2, -0.15) is 36.5 Å². The number of carbonyl (C=O) groups is 6. The number of amides is 4. The number of aryl methyl sites for hydroxylation is 6. The Bertz CT molecular complexity index is 2750. The van der Waals surface area contributed by atoms with Crippen molar-refractivity contribution in [2.24, 2.45) is 5.73 Å². The summed E-state index contributed by atoms with van der Waals surface area (Å²) in [5.41, 5.74) is 10.7. The smallest absolute Gasteiger partial charge is 0.475 e. The Kier molecular flexibility index (Phi) is 16.3. The van der Waals surface area contributed by atoms with Crippen molar-refractivity contribution < 1.29 is 70.4 Å². The maximum absolute atomic E-state index is 13.5. The number of fused-ring (bicyclic) bond motifs is 2. The Hall–Kier alpha value is -7.84. The molecule has 8 N–H and O–H groups in total. The second kappa shape index (κ2) is 21.2. The fraction of sp³-hybridized carbons (Fsp3) is 0.333. The van der Waals surface area contributed by atoms with Crippen LogP contribution in [0.5, 0.6) is 0 Å². The summed E-state index contributed by atoms with van der Waals surface area (Å²) >= 11 is 0. The molecule has 66 heavy (non-hydrogen) atoms. The van der Waals surface area contributed by atoms with Crippen LogP contribution in [-0.2, 0) is 40.6 Å². The van der Waals surface area contributed by atoms with Gasteiger partial charge >= 0.3 is 24.3 Å². The maximum atomic E-state index is 13.5. The van der Waals surface area contributed by atoms with Gasteiger partial charge in [0.15, 0.2) is 0 Å². The molecule has 0 fully saturated rings. The lowest BCUT2D eigenvalue weighted by atomic mass is 10.2. The van der Waals surface area contributed by atoms with E-state index in [1.54, 1.807) is 51.8 Å². The van der Waals surface area contributed by atoms with Gasteiger partial charge in [-0.15, -0.1) is 0 Å². The number of nitrogens with one attached hydrogen (secondary N) is 3. The van der Waals surface area contributed by atoms with Crippen molar-refractivity contribution in [1.29, 1.82) is 0 Å². The monoisotopic (exact) mass is 936 g/mol. The standard InChI is InChI=1S/C35H40N12O5.2C2HF3O2/c1-5-46-27(16-20(3)42-46)32(51)40-34-38-24-18-22(31(36)50)12-13-25(24)44(34)14-7-8-15-45-26-11-9-10-23(37-29(49)19-48)30(26)39-35(45)41-33(52)28-17-21(4)43-47(28)6-2;2*3-2(4,5)1(6)7/h9-13,16-18,48H,5-8,14-15,19H2,1-4H3,(H2,36,50)(H,37,49)(H,38,40,51)(H,39,41,52);2*(H,6,7). The molecule has 0 aliphatic carbocycles. The molecule has 4 heterocycles. The Morgan fingerprint density at radius 2 is 1.15 bits per heavy atom. The number of benzene rings is 2. The van der Waals surface area contributed by atoms with E-state index in [4.69, 9.17) is 30.5 Å². The van der Waals surface area contributed by atoms with Crippen LogP contribution in [0.25, 0.3) is 22.1 Å². The zero-order valence-corrected chi connectivity index (χ0v) is 35.3. The highest BCUT2D eigenvalue weighted by molar-refractivity contribution is 6.05. The Morgan fingerprint density at radius 3 is 1.59 bits per heavy atom. The first-order valence-electron chi connectivity index (χ1n) is 19.4. The van der Waals surface area contributed by atoms with Gasteiger partial charge in [0.2, 0.25) is 23.7 Å². The summed E-state index contributed by atoms with van der Waals surface area (Å²) in [5, 5.41) is 40.9. The van der Waals surface area contributed by atoms with E-state index in [1.807, 2.05) is 42.9 Å². The molecule has 4 aromatic heterocycles. The second-order valence-corrected chi connectivity index (χ2v) is 13.8. The van der Waals surface area contributed by atoms with Crippen LogP contribution in [-0.4, -0.2) is 109 Å². The highest BCUT2D eigenvalue weighted by Gasteiger charge is 2.39. The van der Waals surface area contributed by atoms with Gasteiger partial charge in [0.05, 0.1) is 33.6 Å². The number of carbonyl (C=O) groups excluding carboxylic acids is 4. The van der Waals surface area contributed by atoms with E-state index in [9.17, 15) is 50.6 Å². The number of nitrogens with zero attached hydrogens (tertiary/aromatic N) is 8. The number of aliphatic hydroxyl groups is 1. The van der Waals surface area contributed by atoms with E-state index in [2.05, 4.69) is 31.1 Å². The zero-order valence-electron chi connectivity index (χ0n) is 35.3. The Morgan fingerprint density at radius 1 is 0.682 bits per heavy atom. The van der Waals surface area contributed by atoms with Crippen LogP contribution in [0, 0.1) is 13.8 Å².